The van der Waals surface area contributed by atoms with E-state index in [2.05, 4.69) is 0 Å². The number of benzene rings is 3. The van der Waals surface area contributed by atoms with Gasteiger partial charge in [0.15, 0.2) is 13.2 Å². The van der Waals surface area contributed by atoms with Crippen LogP contribution >= 0.6 is 0 Å². The average molecular weight is 417 g/mol. The molecule has 0 saturated carbocycles. The molecule has 3 aromatic carbocycles. The number of hydrogen-bond acceptors (Lipinski definition) is 5. The Balaban J connectivity index is 1.19. The first-order chi connectivity index (χ1) is 15.2. The maximum atomic E-state index is 12.4. The molecule has 0 aliphatic carbocycles. The Labute approximate surface area is 181 Å². The summed E-state index contributed by atoms with van der Waals surface area (Å²) in [6, 6.07) is 24.6. The molecule has 6 heteroatoms. The van der Waals surface area contributed by atoms with Crippen LogP contribution < -0.4 is 14.4 Å². The van der Waals surface area contributed by atoms with E-state index in [-0.39, 0.29) is 19.1 Å². The van der Waals surface area contributed by atoms with E-state index < -0.39 is 5.97 Å². The van der Waals surface area contributed by atoms with Crippen LogP contribution in [0, 0.1) is 0 Å². The van der Waals surface area contributed by atoms with E-state index in [1.165, 1.54) is 0 Å². The van der Waals surface area contributed by atoms with Crippen LogP contribution in [0.3, 0.4) is 0 Å². The van der Waals surface area contributed by atoms with Crippen LogP contribution in [-0.4, -0.2) is 31.6 Å². The lowest BCUT2D eigenvalue weighted by atomic mass is 10.2. The average Bonchev–Trinajstić information content (AvgIpc) is 3.25. The van der Waals surface area contributed by atoms with Crippen molar-refractivity contribution in [2.45, 2.75) is 13.0 Å². The third kappa shape index (κ3) is 5.42. The molecule has 0 aromatic heterocycles. The first-order valence-corrected chi connectivity index (χ1v) is 10.1. The normalized spacial score (nSPS) is 12.2. The maximum Gasteiger partial charge on any atom is 0.344 e. The Kier molecular flexibility index (Phi) is 6.47. The molecule has 1 heterocycles. The lowest BCUT2D eigenvalue weighted by Crippen LogP contribution is -2.33. The second-order valence-corrected chi connectivity index (χ2v) is 7.12. The highest BCUT2D eigenvalue weighted by Crippen LogP contribution is 2.27. The number of anilines is 1. The van der Waals surface area contributed by atoms with Gasteiger partial charge in [0.1, 0.15) is 18.1 Å². The predicted molar refractivity (Wildman–Crippen MR) is 116 cm³/mol. The van der Waals surface area contributed by atoms with Gasteiger partial charge >= 0.3 is 5.97 Å². The van der Waals surface area contributed by atoms with Gasteiger partial charge in [0, 0.05) is 12.2 Å². The lowest BCUT2D eigenvalue weighted by Gasteiger charge is -2.17. The number of fused-ring (bicyclic) bond motifs is 1. The molecule has 0 fully saturated rings. The van der Waals surface area contributed by atoms with Crippen LogP contribution in [0.2, 0.25) is 0 Å². The summed E-state index contributed by atoms with van der Waals surface area (Å²) < 4.78 is 16.3. The zero-order valence-electron chi connectivity index (χ0n) is 17.0. The van der Waals surface area contributed by atoms with E-state index in [0.29, 0.717) is 24.7 Å². The van der Waals surface area contributed by atoms with Gasteiger partial charge in [-0.05, 0) is 47.9 Å². The van der Waals surface area contributed by atoms with Crippen LogP contribution in [-0.2, 0) is 27.4 Å². The Morgan fingerprint density at radius 2 is 1.45 bits per heavy atom. The SMILES string of the molecule is O=C(COc1ccc(OCc2ccccc2)cc1)OCC(=O)N1CCc2ccccc21. The summed E-state index contributed by atoms with van der Waals surface area (Å²) in [5.74, 6) is 0.391. The van der Waals surface area contributed by atoms with E-state index in [1.807, 2.05) is 54.6 Å². The lowest BCUT2D eigenvalue weighted by molar-refractivity contribution is -0.149. The molecule has 1 aliphatic rings. The first kappa shape index (κ1) is 20.5. The minimum Gasteiger partial charge on any atom is -0.489 e. The topological polar surface area (TPSA) is 65.1 Å². The smallest absolute Gasteiger partial charge is 0.344 e. The van der Waals surface area contributed by atoms with Gasteiger partial charge in [-0.3, -0.25) is 4.79 Å². The van der Waals surface area contributed by atoms with Gasteiger partial charge < -0.3 is 19.1 Å². The standard InChI is InChI=1S/C25H23NO5/c27-24(26-15-14-20-8-4-5-9-23(20)26)17-31-25(28)18-30-22-12-10-21(11-13-22)29-16-19-6-2-1-3-7-19/h1-13H,14-18H2. The van der Waals surface area contributed by atoms with Gasteiger partial charge in [0.2, 0.25) is 0 Å². The Morgan fingerprint density at radius 3 is 2.23 bits per heavy atom. The molecule has 4 rings (SSSR count). The van der Waals surface area contributed by atoms with Crippen LogP contribution in [0.1, 0.15) is 11.1 Å². The number of hydrogen-bond donors (Lipinski definition) is 0. The summed E-state index contributed by atoms with van der Waals surface area (Å²) in [5.41, 5.74) is 3.09. The Hall–Kier alpha value is -3.80. The van der Waals surface area contributed by atoms with Gasteiger partial charge in [-0.25, -0.2) is 4.79 Å². The minimum atomic E-state index is -0.592. The number of ether oxygens (including phenoxy) is 3. The van der Waals surface area contributed by atoms with Crippen molar-refractivity contribution in [3.63, 3.8) is 0 Å². The van der Waals surface area contributed by atoms with Gasteiger partial charge in [0.25, 0.3) is 5.91 Å². The molecule has 1 amide bonds. The highest BCUT2D eigenvalue weighted by molar-refractivity contribution is 5.97. The van der Waals surface area contributed by atoms with E-state index in [0.717, 1.165) is 23.2 Å². The zero-order chi connectivity index (χ0) is 21.5. The largest absolute Gasteiger partial charge is 0.489 e. The van der Waals surface area contributed by atoms with Gasteiger partial charge in [-0.1, -0.05) is 48.5 Å². The molecule has 0 radical (unpaired) electrons. The van der Waals surface area contributed by atoms with Crippen molar-refractivity contribution in [2.24, 2.45) is 0 Å². The Morgan fingerprint density at radius 1 is 0.774 bits per heavy atom. The number of para-hydroxylation sites is 1. The van der Waals surface area contributed by atoms with Gasteiger partial charge in [-0.2, -0.15) is 0 Å². The number of esters is 1. The van der Waals surface area contributed by atoms with Crippen molar-refractivity contribution in [3.8, 4) is 11.5 Å². The molecule has 158 valence electrons. The number of nitrogens with zero attached hydrogens (tertiary/aromatic N) is 1. The van der Waals surface area contributed by atoms with Crippen LogP contribution in [0.4, 0.5) is 5.69 Å². The molecule has 1 aliphatic heterocycles. The summed E-state index contributed by atoms with van der Waals surface area (Å²) >= 11 is 0. The van der Waals surface area contributed by atoms with Crippen molar-refractivity contribution in [1.29, 1.82) is 0 Å². The molecule has 0 bridgehead atoms. The van der Waals surface area contributed by atoms with Crippen molar-refractivity contribution < 1.29 is 23.8 Å². The second kappa shape index (κ2) is 9.80. The third-order valence-electron chi connectivity index (χ3n) is 4.97. The van der Waals surface area contributed by atoms with Gasteiger partial charge in [0.05, 0.1) is 0 Å². The zero-order valence-corrected chi connectivity index (χ0v) is 17.0. The number of rotatable bonds is 8. The number of amides is 1. The van der Waals surface area contributed by atoms with E-state index in [9.17, 15) is 9.59 Å². The number of carbonyl (C=O) groups is 2. The van der Waals surface area contributed by atoms with Crippen LogP contribution in [0.5, 0.6) is 11.5 Å². The van der Waals surface area contributed by atoms with Crippen molar-refractivity contribution >= 4 is 17.6 Å². The van der Waals surface area contributed by atoms with E-state index >= 15 is 0 Å². The first-order valence-electron chi connectivity index (χ1n) is 10.1. The second-order valence-electron chi connectivity index (χ2n) is 7.12. The fraction of sp³-hybridized carbons (Fsp3) is 0.200. The molecular formula is C25H23NO5. The molecular weight excluding hydrogens is 394 g/mol. The Bertz CT molecular complexity index is 1030. The number of carbonyl (C=O) groups excluding carboxylic acids is 2. The summed E-state index contributed by atoms with van der Waals surface area (Å²) in [6.07, 6.45) is 0.810. The van der Waals surface area contributed by atoms with Crippen molar-refractivity contribution in [2.75, 3.05) is 24.7 Å². The molecule has 6 nitrogen and oxygen atoms in total. The van der Waals surface area contributed by atoms with Gasteiger partial charge in [-0.15, -0.1) is 0 Å². The summed E-state index contributed by atoms with van der Waals surface area (Å²) in [6.45, 7) is 0.505. The fourth-order valence-electron chi connectivity index (χ4n) is 3.37. The molecule has 0 unspecified atom stereocenters. The highest BCUT2D eigenvalue weighted by atomic mass is 16.6. The maximum absolute atomic E-state index is 12.4. The monoisotopic (exact) mass is 417 g/mol. The molecule has 0 N–H and O–H groups in total. The molecule has 0 saturated heterocycles. The summed E-state index contributed by atoms with van der Waals surface area (Å²) in [5, 5.41) is 0. The third-order valence-corrected chi connectivity index (χ3v) is 4.97. The minimum absolute atomic E-state index is 0.238. The van der Waals surface area contributed by atoms with E-state index in [1.54, 1.807) is 29.2 Å². The van der Waals surface area contributed by atoms with Crippen molar-refractivity contribution in [3.05, 3.63) is 90.0 Å². The summed E-state index contributed by atoms with van der Waals surface area (Å²) in [4.78, 5) is 26.0. The van der Waals surface area contributed by atoms with Crippen LogP contribution in [0.25, 0.3) is 0 Å². The predicted octanol–water partition coefficient (Wildman–Crippen LogP) is 3.78. The van der Waals surface area contributed by atoms with Crippen LogP contribution in [0.15, 0.2) is 78.9 Å². The summed E-state index contributed by atoms with van der Waals surface area (Å²) in [7, 11) is 0. The molecule has 0 atom stereocenters. The van der Waals surface area contributed by atoms with E-state index in [4.69, 9.17) is 14.2 Å². The van der Waals surface area contributed by atoms with Crippen molar-refractivity contribution in [1.82, 2.24) is 0 Å². The quantitative estimate of drug-likeness (QED) is 0.522. The molecule has 0 spiro atoms. The fourth-order valence-corrected chi connectivity index (χ4v) is 3.37. The highest BCUT2D eigenvalue weighted by Gasteiger charge is 2.24. The molecule has 31 heavy (non-hydrogen) atoms. The molecule has 3 aromatic rings.